The molecule has 16 heavy (non-hydrogen) atoms. The van der Waals surface area contributed by atoms with E-state index in [-0.39, 0.29) is 0 Å². The van der Waals surface area contributed by atoms with E-state index in [1.54, 1.807) is 6.26 Å². The zero-order valence-corrected chi connectivity index (χ0v) is 9.78. The molecule has 1 aliphatic heterocycles. The Hall–Kier alpha value is -0.840. The van der Waals surface area contributed by atoms with Gasteiger partial charge in [-0.1, -0.05) is 0 Å². The number of likely N-dealkylation sites (N-methyl/N-ethyl adjacent to an activating group) is 1. The van der Waals surface area contributed by atoms with E-state index in [9.17, 15) is 5.11 Å². The van der Waals surface area contributed by atoms with Gasteiger partial charge in [-0.3, -0.25) is 4.90 Å². The summed E-state index contributed by atoms with van der Waals surface area (Å²) in [5, 5.41) is 13.3. The van der Waals surface area contributed by atoms with E-state index < -0.39 is 5.60 Å². The minimum absolute atomic E-state index is 0.519. The Morgan fingerprint density at radius 1 is 1.50 bits per heavy atom. The van der Waals surface area contributed by atoms with Gasteiger partial charge in [0.15, 0.2) is 0 Å². The number of likely N-dealkylation sites (tertiary alicyclic amines) is 1. The van der Waals surface area contributed by atoms with Gasteiger partial charge in [0.2, 0.25) is 0 Å². The van der Waals surface area contributed by atoms with Crippen molar-refractivity contribution in [3.8, 4) is 0 Å². The summed E-state index contributed by atoms with van der Waals surface area (Å²) in [7, 11) is 1.88. The summed E-state index contributed by atoms with van der Waals surface area (Å²) in [6.07, 6.45) is 3.36. The van der Waals surface area contributed by atoms with Crippen molar-refractivity contribution in [1.82, 2.24) is 10.2 Å². The van der Waals surface area contributed by atoms with E-state index in [2.05, 4.69) is 10.2 Å². The molecule has 0 amide bonds. The van der Waals surface area contributed by atoms with Crippen LogP contribution in [0.2, 0.25) is 0 Å². The van der Waals surface area contributed by atoms with Crippen LogP contribution < -0.4 is 5.32 Å². The molecular formula is C12H20N2O2. The highest BCUT2D eigenvalue weighted by Gasteiger charge is 2.31. The average molecular weight is 224 g/mol. The van der Waals surface area contributed by atoms with Crippen LogP contribution in [0.3, 0.4) is 0 Å². The summed E-state index contributed by atoms with van der Waals surface area (Å²) in [6, 6.07) is 3.91. The third-order valence-electron chi connectivity index (χ3n) is 3.25. The molecular weight excluding hydrogens is 204 g/mol. The third-order valence-corrected chi connectivity index (χ3v) is 3.25. The summed E-state index contributed by atoms with van der Waals surface area (Å²) in [4.78, 5) is 2.32. The van der Waals surface area contributed by atoms with E-state index in [1.807, 2.05) is 19.2 Å². The molecule has 0 saturated carbocycles. The second-order valence-electron chi connectivity index (χ2n) is 4.61. The van der Waals surface area contributed by atoms with Crippen LogP contribution in [0.25, 0.3) is 0 Å². The Bertz CT molecular complexity index is 303. The van der Waals surface area contributed by atoms with Gasteiger partial charge >= 0.3 is 0 Å². The lowest BCUT2D eigenvalue weighted by Gasteiger charge is -2.37. The smallest absolute Gasteiger partial charge is 0.117 e. The lowest BCUT2D eigenvalue weighted by molar-refractivity contribution is -0.0216. The summed E-state index contributed by atoms with van der Waals surface area (Å²) in [5.41, 5.74) is -0.519. The van der Waals surface area contributed by atoms with Crippen molar-refractivity contribution in [1.29, 1.82) is 0 Å². The van der Waals surface area contributed by atoms with Crippen molar-refractivity contribution in [3.05, 3.63) is 24.2 Å². The fraction of sp³-hybridized carbons (Fsp3) is 0.667. The number of nitrogens with one attached hydrogen (secondary N) is 1. The Morgan fingerprint density at radius 2 is 2.25 bits per heavy atom. The first kappa shape index (κ1) is 11.6. The Kier molecular flexibility index (Phi) is 3.63. The first-order valence-corrected chi connectivity index (χ1v) is 5.84. The van der Waals surface area contributed by atoms with Gasteiger partial charge in [0.05, 0.1) is 18.4 Å². The van der Waals surface area contributed by atoms with E-state index in [4.69, 9.17) is 4.42 Å². The highest BCUT2D eigenvalue weighted by molar-refractivity contribution is 4.99. The zero-order valence-electron chi connectivity index (χ0n) is 9.78. The largest absolute Gasteiger partial charge is 0.468 e. The maximum atomic E-state index is 10.2. The molecule has 1 aromatic rings. The number of hydrogen-bond acceptors (Lipinski definition) is 4. The van der Waals surface area contributed by atoms with Crippen LogP contribution in [-0.4, -0.2) is 42.3 Å². The van der Waals surface area contributed by atoms with Crippen molar-refractivity contribution < 1.29 is 9.52 Å². The van der Waals surface area contributed by atoms with Gasteiger partial charge in [0.1, 0.15) is 5.76 Å². The van der Waals surface area contributed by atoms with Gasteiger partial charge in [-0.2, -0.15) is 0 Å². The number of hydrogen-bond donors (Lipinski definition) is 2. The van der Waals surface area contributed by atoms with Crippen LogP contribution in [0.4, 0.5) is 0 Å². The Morgan fingerprint density at radius 3 is 2.81 bits per heavy atom. The molecule has 1 fully saturated rings. The lowest BCUT2D eigenvalue weighted by atomic mass is 9.91. The maximum absolute atomic E-state index is 10.2. The summed E-state index contributed by atoms with van der Waals surface area (Å²) < 4.78 is 5.32. The molecule has 2 rings (SSSR count). The molecule has 1 saturated heterocycles. The molecule has 0 radical (unpaired) electrons. The molecule has 4 nitrogen and oxygen atoms in total. The molecule has 0 unspecified atom stereocenters. The van der Waals surface area contributed by atoms with Gasteiger partial charge in [-0.25, -0.2) is 0 Å². The van der Waals surface area contributed by atoms with Gasteiger partial charge in [-0.05, 0) is 32.0 Å². The van der Waals surface area contributed by atoms with Crippen molar-refractivity contribution in [2.24, 2.45) is 0 Å². The van der Waals surface area contributed by atoms with Crippen LogP contribution >= 0.6 is 0 Å². The van der Waals surface area contributed by atoms with Crippen molar-refractivity contribution in [2.75, 3.05) is 26.7 Å². The topological polar surface area (TPSA) is 48.6 Å². The number of rotatable bonds is 4. The highest BCUT2D eigenvalue weighted by atomic mass is 16.3. The number of aliphatic hydroxyl groups is 1. The molecule has 0 aliphatic carbocycles. The molecule has 0 bridgehead atoms. The monoisotopic (exact) mass is 224 g/mol. The standard InChI is InChI=1S/C12H20N2O2/c1-13-10-12(15)4-6-14(7-5-12)9-11-3-2-8-16-11/h2-3,8,13,15H,4-7,9-10H2,1H3. The molecule has 4 heteroatoms. The second kappa shape index (κ2) is 4.99. The Labute approximate surface area is 96.2 Å². The minimum atomic E-state index is -0.519. The predicted octanol–water partition coefficient (Wildman–Crippen LogP) is 0.826. The van der Waals surface area contributed by atoms with E-state index in [0.29, 0.717) is 6.54 Å². The van der Waals surface area contributed by atoms with E-state index in [1.165, 1.54) is 0 Å². The molecule has 90 valence electrons. The fourth-order valence-electron chi connectivity index (χ4n) is 2.26. The first-order chi connectivity index (χ1) is 7.72. The molecule has 1 aromatic heterocycles. The summed E-state index contributed by atoms with van der Waals surface area (Å²) in [6.45, 7) is 3.39. The quantitative estimate of drug-likeness (QED) is 0.795. The lowest BCUT2D eigenvalue weighted by Crippen LogP contribution is -2.49. The average Bonchev–Trinajstić information content (AvgIpc) is 2.75. The second-order valence-corrected chi connectivity index (χ2v) is 4.61. The third kappa shape index (κ3) is 2.84. The van der Waals surface area contributed by atoms with Crippen molar-refractivity contribution >= 4 is 0 Å². The maximum Gasteiger partial charge on any atom is 0.117 e. The van der Waals surface area contributed by atoms with E-state index in [0.717, 1.165) is 38.2 Å². The molecule has 1 aliphatic rings. The highest BCUT2D eigenvalue weighted by Crippen LogP contribution is 2.22. The zero-order chi connectivity index (χ0) is 11.4. The van der Waals surface area contributed by atoms with Crippen LogP contribution in [0.5, 0.6) is 0 Å². The number of piperidine rings is 1. The molecule has 0 atom stereocenters. The molecule has 0 spiro atoms. The van der Waals surface area contributed by atoms with Crippen molar-refractivity contribution in [2.45, 2.75) is 25.0 Å². The van der Waals surface area contributed by atoms with Crippen LogP contribution in [-0.2, 0) is 6.54 Å². The van der Waals surface area contributed by atoms with Crippen LogP contribution in [0.1, 0.15) is 18.6 Å². The van der Waals surface area contributed by atoms with Gasteiger partial charge < -0.3 is 14.8 Å². The molecule has 2 N–H and O–H groups in total. The van der Waals surface area contributed by atoms with Crippen LogP contribution in [0.15, 0.2) is 22.8 Å². The number of furan rings is 1. The number of nitrogens with zero attached hydrogens (tertiary/aromatic N) is 1. The van der Waals surface area contributed by atoms with E-state index >= 15 is 0 Å². The first-order valence-electron chi connectivity index (χ1n) is 5.84. The fourth-order valence-corrected chi connectivity index (χ4v) is 2.26. The SMILES string of the molecule is CNCC1(O)CCN(Cc2ccco2)CC1. The normalized spacial score (nSPS) is 21.1. The van der Waals surface area contributed by atoms with Gasteiger partial charge in [0.25, 0.3) is 0 Å². The minimum Gasteiger partial charge on any atom is -0.468 e. The van der Waals surface area contributed by atoms with Crippen LogP contribution in [0, 0.1) is 0 Å². The molecule has 2 heterocycles. The summed E-state index contributed by atoms with van der Waals surface area (Å²) >= 11 is 0. The summed E-state index contributed by atoms with van der Waals surface area (Å²) in [5.74, 6) is 0.999. The van der Waals surface area contributed by atoms with Crippen molar-refractivity contribution in [3.63, 3.8) is 0 Å². The van der Waals surface area contributed by atoms with Gasteiger partial charge in [-0.15, -0.1) is 0 Å². The predicted molar refractivity (Wildman–Crippen MR) is 62.1 cm³/mol. The Balaban J connectivity index is 1.81. The molecule has 0 aromatic carbocycles. The van der Waals surface area contributed by atoms with Gasteiger partial charge in [0, 0.05) is 19.6 Å².